The van der Waals surface area contributed by atoms with Crippen LogP contribution in [-0.4, -0.2) is 48.0 Å². The van der Waals surface area contributed by atoms with Gasteiger partial charge < -0.3 is 9.72 Å². The molecule has 3 rings (SSSR count). The van der Waals surface area contributed by atoms with Crippen LogP contribution in [0, 0.1) is 0 Å². The Bertz CT molecular complexity index is 591. The molecule has 4 heteroatoms. The molecule has 4 nitrogen and oxygen atoms in total. The van der Waals surface area contributed by atoms with Gasteiger partial charge in [0, 0.05) is 35.8 Å². The number of aromatic amines is 1. The predicted molar refractivity (Wildman–Crippen MR) is 74.5 cm³/mol. The smallest absolute Gasteiger partial charge is 0.178 e. The summed E-state index contributed by atoms with van der Waals surface area (Å²) in [6, 6.07) is 7.91. The van der Waals surface area contributed by atoms with E-state index in [1.807, 2.05) is 37.4 Å². The third-order valence-corrected chi connectivity index (χ3v) is 3.58. The number of aromatic nitrogens is 1. The number of benzene rings is 1. The summed E-state index contributed by atoms with van der Waals surface area (Å²) in [6.07, 6.45) is 2.03. The maximum absolute atomic E-state index is 12.4. The number of nitrogens with zero attached hydrogens (tertiary/aromatic N) is 1. The fourth-order valence-corrected chi connectivity index (χ4v) is 2.62. The average molecular weight is 258 g/mol. The van der Waals surface area contributed by atoms with Crippen molar-refractivity contribution in [3.05, 3.63) is 36.0 Å². The Balaban J connectivity index is 1.76. The number of ether oxygens (including phenoxy) is 1. The number of nitrogens with one attached hydrogen (secondary N) is 1. The number of hydrogen-bond acceptors (Lipinski definition) is 3. The van der Waals surface area contributed by atoms with Crippen LogP contribution in [0.1, 0.15) is 17.3 Å². The third kappa shape index (κ3) is 2.55. The highest BCUT2D eigenvalue weighted by Gasteiger charge is 2.20. The summed E-state index contributed by atoms with van der Waals surface area (Å²) >= 11 is 0. The monoisotopic (exact) mass is 258 g/mol. The van der Waals surface area contributed by atoms with E-state index in [-0.39, 0.29) is 11.9 Å². The molecular weight excluding hydrogens is 240 g/mol. The Kier molecular flexibility index (Phi) is 3.36. The highest BCUT2D eigenvalue weighted by Crippen LogP contribution is 2.18. The molecule has 0 aliphatic carbocycles. The van der Waals surface area contributed by atoms with Gasteiger partial charge in [0.2, 0.25) is 0 Å². The zero-order valence-electron chi connectivity index (χ0n) is 11.1. The van der Waals surface area contributed by atoms with Gasteiger partial charge in [0.1, 0.15) is 0 Å². The summed E-state index contributed by atoms with van der Waals surface area (Å²) < 4.78 is 5.49. The van der Waals surface area contributed by atoms with E-state index >= 15 is 0 Å². The van der Waals surface area contributed by atoms with Crippen molar-refractivity contribution in [1.82, 2.24) is 9.88 Å². The molecule has 0 saturated carbocycles. The molecule has 1 saturated heterocycles. The Morgan fingerprint density at radius 3 is 3.16 bits per heavy atom. The van der Waals surface area contributed by atoms with Crippen LogP contribution < -0.4 is 0 Å². The molecule has 1 unspecified atom stereocenters. The standard InChI is InChI=1S/C15H18N2O2/c1-11-9-17(6-7-19-11)10-15(18)13-8-16-14-5-3-2-4-12(13)14/h2-5,8,11,16H,6-7,9-10H2,1H3. The summed E-state index contributed by atoms with van der Waals surface area (Å²) in [7, 11) is 0. The van der Waals surface area contributed by atoms with Crippen molar-refractivity contribution >= 4 is 16.7 Å². The summed E-state index contributed by atoms with van der Waals surface area (Å²) in [5, 5.41) is 1.01. The molecule has 100 valence electrons. The average Bonchev–Trinajstić information content (AvgIpc) is 2.82. The minimum absolute atomic E-state index is 0.173. The molecule has 1 atom stereocenters. The number of carbonyl (C=O) groups is 1. The molecule has 1 aliphatic rings. The van der Waals surface area contributed by atoms with E-state index in [1.54, 1.807) is 0 Å². The van der Waals surface area contributed by atoms with Crippen molar-refractivity contribution in [1.29, 1.82) is 0 Å². The number of Topliss-reactive ketones (excluding diaryl/α,β-unsaturated/α-hetero) is 1. The molecule has 2 heterocycles. The number of ketones is 1. The lowest BCUT2D eigenvalue weighted by molar-refractivity contribution is -0.0158. The Morgan fingerprint density at radius 1 is 1.47 bits per heavy atom. The Labute approximate surface area is 112 Å². The van der Waals surface area contributed by atoms with Crippen LogP contribution in [0.15, 0.2) is 30.5 Å². The normalized spacial score (nSPS) is 20.8. The van der Waals surface area contributed by atoms with E-state index in [1.165, 1.54) is 0 Å². The van der Waals surface area contributed by atoms with Gasteiger partial charge in [-0.3, -0.25) is 9.69 Å². The second-order valence-electron chi connectivity index (χ2n) is 5.09. The first-order chi connectivity index (χ1) is 9.24. The molecule has 1 N–H and O–H groups in total. The second-order valence-corrected chi connectivity index (χ2v) is 5.09. The molecule has 1 aliphatic heterocycles. The lowest BCUT2D eigenvalue weighted by Crippen LogP contribution is -2.43. The Hall–Kier alpha value is -1.65. The van der Waals surface area contributed by atoms with Gasteiger partial charge in [-0.1, -0.05) is 18.2 Å². The molecule has 1 aromatic carbocycles. The van der Waals surface area contributed by atoms with E-state index in [9.17, 15) is 4.79 Å². The molecule has 1 fully saturated rings. The van der Waals surface area contributed by atoms with Crippen molar-refractivity contribution < 1.29 is 9.53 Å². The van der Waals surface area contributed by atoms with Crippen molar-refractivity contribution in [2.75, 3.05) is 26.2 Å². The SMILES string of the molecule is CC1CN(CC(=O)c2c[nH]c3ccccc23)CCO1. The number of carbonyl (C=O) groups excluding carboxylic acids is 1. The molecule has 0 amide bonds. The Morgan fingerprint density at radius 2 is 2.32 bits per heavy atom. The van der Waals surface area contributed by atoms with Crippen molar-refractivity contribution in [2.24, 2.45) is 0 Å². The largest absolute Gasteiger partial charge is 0.376 e. The van der Waals surface area contributed by atoms with Gasteiger partial charge in [-0.25, -0.2) is 0 Å². The number of hydrogen-bond donors (Lipinski definition) is 1. The van der Waals surface area contributed by atoms with Gasteiger partial charge in [-0.15, -0.1) is 0 Å². The third-order valence-electron chi connectivity index (χ3n) is 3.58. The summed E-state index contributed by atoms with van der Waals surface area (Å²) in [4.78, 5) is 17.7. The molecule has 0 radical (unpaired) electrons. The zero-order chi connectivity index (χ0) is 13.2. The molecule has 19 heavy (non-hydrogen) atoms. The van der Waals surface area contributed by atoms with E-state index in [0.717, 1.165) is 29.6 Å². The van der Waals surface area contributed by atoms with Gasteiger partial charge in [0.25, 0.3) is 0 Å². The van der Waals surface area contributed by atoms with Crippen molar-refractivity contribution in [3.8, 4) is 0 Å². The minimum atomic E-state index is 0.173. The van der Waals surface area contributed by atoms with Crippen molar-refractivity contribution in [3.63, 3.8) is 0 Å². The maximum atomic E-state index is 12.4. The molecular formula is C15H18N2O2. The first kappa shape index (κ1) is 12.4. The first-order valence-electron chi connectivity index (χ1n) is 6.67. The fourth-order valence-electron chi connectivity index (χ4n) is 2.62. The number of H-pyrrole nitrogens is 1. The highest BCUT2D eigenvalue weighted by molar-refractivity contribution is 6.08. The highest BCUT2D eigenvalue weighted by atomic mass is 16.5. The van der Waals surface area contributed by atoms with Crippen LogP contribution in [0.4, 0.5) is 0 Å². The summed E-state index contributed by atoms with van der Waals surface area (Å²) in [6.45, 7) is 4.88. The fraction of sp³-hybridized carbons (Fsp3) is 0.400. The van der Waals surface area contributed by atoms with E-state index in [0.29, 0.717) is 13.2 Å². The van der Waals surface area contributed by atoms with Crippen LogP contribution >= 0.6 is 0 Å². The predicted octanol–water partition coefficient (Wildman–Crippen LogP) is 2.07. The lowest BCUT2D eigenvalue weighted by Gasteiger charge is -2.30. The van der Waals surface area contributed by atoms with Crippen LogP contribution in [0.25, 0.3) is 10.9 Å². The minimum Gasteiger partial charge on any atom is -0.376 e. The number of rotatable bonds is 3. The van der Waals surface area contributed by atoms with Gasteiger partial charge in [0.15, 0.2) is 5.78 Å². The van der Waals surface area contributed by atoms with Gasteiger partial charge in [-0.05, 0) is 13.0 Å². The van der Waals surface area contributed by atoms with E-state index in [4.69, 9.17) is 4.74 Å². The van der Waals surface area contributed by atoms with Gasteiger partial charge >= 0.3 is 0 Å². The van der Waals surface area contributed by atoms with E-state index < -0.39 is 0 Å². The molecule has 2 aromatic rings. The maximum Gasteiger partial charge on any atom is 0.178 e. The van der Waals surface area contributed by atoms with Crippen LogP contribution in [0.3, 0.4) is 0 Å². The topological polar surface area (TPSA) is 45.3 Å². The number of morpholine rings is 1. The zero-order valence-corrected chi connectivity index (χ0v) is 11.1. The van der Waals surface area contributed by atoms with Crippen LogP contribution in [0.5, 0.6) is 0 Å². The summed E-state index contributed by atoms with van der Waals surface area (Å²) in [5.74, 6) is 0.173. The molecule has 0 spiro atoms. The second kappa shape index (κ2) is 5.15. The van der Waals surface area contributed by atoms with Crippen LogP contribution in [0.2, 0.25) is 0 Å². The van der Waals surface area contributed by atoms with Gasteiger partial charge in [0.05, 0.1) is 19.3 Å². The summed E-state index contributed by atoms with van der Waals surface area (Å²) in [5.41, 5.74) is 1.80. The quantitative estimate of drug-likeness (QED) is 0.857. The first-order valence-corrected chi connectivity index (χ1v) is 6.67. The lowest BCUT2D eigenvalue weighted by atomic mass is 10.1. The molecule has 1 aromatic heterocycles. The molecule has 0 bridgehead atoms. The number of para-hydroxylation sites is 1. The number of fused-ring (bicyclic) bond motifs is 1. The van der Waals surface area contributed by atoms with Crippen LogP contribution in [-0.2, 0) is 4.74 Å². The van der Waals surface area contributed by atoms with Crippen molar-refractivity contribution in [2.45, 2.75) is 13.0 Å². The van der Waals surface area contributed by atoms with E-state index in [2.05, 4.69) is 9.88 Å². The van der Waals surface area contributed by atoms with Gasteiger partial charge in [-0.2, -0.15) is 0 Å².